The zero-order chi connectivity index (χ0) is 19.0. The average molecular weight is 363 g/mol. The summed E-state index contributed by atoms with van der Waals surface area (Å²) in [5, 5.41) is 12.4. The fourth-order valence-corrected chi connectivity index (χ4v) is 3.46. The number of rotatable bonds is 4. The van der Waals surface area contributed by atoms with E-state index in [4.69, 9.17) is 4.74 Å². The molecule has 0 saturated carbocycles. The zero-order valence-electron chi connectivity index (χ0n) is 14.5. The number of carbonyl (C=O) groups is 2. The van der Waals surface area contributed by atoms with Crippen LogP contribution in [0.2, 0.25) is 0 Å². The smallest absolute Gasteiger partial charge is 0.339 e. The Hall–Kier alpha value is -3.61. The summed E-state index contributed by atoms with van der Waals surface area (Å²) < 4.78 is 7.10. The molecule has 4 rings (SSSR count). The summed E-state index contributed by atoms with van der Waals surface area (Å²) in [5.41, 5.74) is 2.70. The minimum absolute atomic E-state index is 0.0507. The normalized spacial score (nSPS) is 15.7. The molecule has 0 aliphatic carbocycles. The van der Waals surface area contributed by atoms with Gasteiger partial charge in [-0.15, -0.1) is 0 Å². The van der Waals surface area contributed by atoms with E-state index in [-0.39, 0.29) is 23.8 Å². The summed E-state index contributed by atoms with van der Waals surface area (Å²) in [6.45, 7) is 0. The van der Waals surface area contributed by atoms with Crippen LogP contribution in [0.4, 0.5) is 5.69 Å². The average Bonchev–Trinajstić information content (AvgIpc) is 3.07. The Balaban J connectivity index is 1.97. The van der Waals surface area contributed by atoms with E-state index < -0.39 is 5.97 Å². The van der Waals surface area contributed by atoms with Crippen molar-refractivity contribution in [2.45, 2.75) is 12.3 Å². The lowest BCUT2D eigenvalue weighted by atomic mass is 9.89. The summed E-state index contributed by atoms with van der Waals surface area (Å²) in [4.78, 5) is 28.2. The number of hydrogen-bond donors (Lipinski definition) is 2. The Morgan fingerprint density at radius 3 is 2.89 bits per heavy atom. The van der Waals surface area contributed by atoms with Crippen LogP contribution in [-0.4, -0.2) is 33.6 Å². The molecule has 0 unspecified atom stereocenters. The molecule has 1 aliphatic heterocycles. The van der Waals surface area contributed by atoms with Gasteiger partial charge < -0.3 is 19.7 Å². The molecule has 2 N–H and O–H groups in total. The minimum atomic E-state index is -1.10. The van der Waals surface area contributed by atoms with Crippen molar-refractivity contribution in [2.24, 2.45) is 0 Å². The Kier molecular flexibility index (Phi) is 4.12. The molecule has 27 heavy (non-hydrogen) atoms. The Labute approximate surface area is 155 Å². The molecule has 0 saturated heterocycles. The van der Waals surface area contributed by atoms with Gasteiger partial charge in [0.1, 0.15) is 11.3 Å². The van der Waals surface area contributed by atoms with E-state index >= 15 is 0 Å². The maximum atomic E-state index is 12.3. The van der Waals surface area contributed by atoms with Crippen molar-refractivity contribution in [1.82, 2.24) is 9.55 Å². The first-order chi connectivity index (χ1) is 13.1. The second-order valence-corrected chi connectivity index (χ2v) is 6.27. The highest BCUT2D eigenvalue weighted by Crippen LogP contribution is 2.41. The number of anilines is 1. The number of methoxy groups -OCH3 is 1. The van der Waals surface area contributed by atoms with E-state index in [1.807, 2.05) is 30.3 Å². The minimum Gasteiger partial charge on any atom is -0.497 e. The number of carbonyl (C=O) groups excluding carboxylic acids is 1. The number of nitrogens with zero attached hydrogens (tertiary/aromatic N) is 2. The van der Waals surface area contributed by atoms with E-state index in [1.54, 1.807) is 30.1 Å². The second-order valence-electron chi connectivity index (χ2n) is 6.27. The fraction of sp³-hybridized carbons (Fsp3) is 0.150. The van der Waals surface area contributed by atoms with E-state index in [1.165, 1.54) is 6.20 Å². The van der Waals surface area contributed by atoms with Gasteiger partial charge >= 0.3 is 5.97 Å². The molecule has 1 aromatic carbocycles. The topological polar surface area (TPSA) is 93.4 Å². The van der Waals surface area contributed by atoms with Gasteiger partial charge in [-0.25, -0.2) is 4.79 Å². The summed E-state index contributed by atoms with van der Waals surface area (Å²) in [7, 11) is 1.57. The molecule has 2 aromatic heterocycles. The standard InChI is InChI=1S/C20H17N3O4/c1-27-14-6-2-5-13(8-14)23-11-16(20(25)26)18-19(23)15(9-17(24)22-18)12-4-3-7-21-10-12/h2-8,10-11,15H,9H2,1H3,(H,22,24)(H,25,26)/t15-/m0/s1. The van der Waals surface area contributed by atoms with Crippen LogP contribution in [0.25, 0.3) is 5.69 Å². The maximum Gasteiger partial charge on any atom is 0.339 e. The number of benzene rings is 1. The number of aromatic carboxylic acids is 1. The third kappa shape index (κ3) is 2.93. The van der Waals surface area contributed by atoms with Crippen LogP contribution in [0.1, 0.15) is 34.0 Å². The molecule has 0 radical (unpaired) electrons. The van der Waals surface area contributed by atoms with Crippen molar-refractivity contribution >= 4 is 17.6 Å². The molecule has 136 valence electrons. The number of carboxylic acid groups (broad SMARTS) is 1. The monoisotopic (exact) mass is 363 g/mol. The van der Waals surface area contributed by atoms with Gasteiger partial charge in [-0.3, -0.25) is 9.78 Å². The van der Waals surface area contributed by atoms with Crippen molar-refractivity contribution in [3.63, 3.8) is 0 Å². The molecule has 0 spiro atoms. The van der Waals surface area contributed by atoms with Gasteiger partial charge in [0.05, 0.1) is 18.5 Å². The first kappa shape index (κ1) is 16.8. The number of hydrogen-bond acceptors (Lipinski definition) is 4. The van der Waals surface area contributed by atoms with Gasteiger partial charge in [0.2, 0.25) is 5.91 Å². The molecule has 1 atom stereocenters. The van der Waals surface area contributed by atoms with Crippen molar-refractivity contribution < 1.29 is 19.4 Å². The summed E-state index contributed by atoms with van der Waals surface area (Å²) in [6.07, 6.45) is 5.12. The highest BCUT2D eigenvalue weighted by molar-refractivity contribution is 6.04. The first-order valence-electron chi connectivity index (χ1n) is 8.41. The molecule has 0 bridgehead atoms. The van der Waals surface area contributed by atoms with Crippen LogP contribution < -0.4 is 10.1 Å². The molecule has 0 fully saturated rings. The van der Waals surface area contributed by atoms with E-state index in [0.717, 1.165) is 11.3 Å². The quantitative estimate of drug-likeness (QED) is 0.743. The summed E-state index contributed by atoms with van der Waals surface area (Å²) in [6, 6.07) is 11.0. The fourth-order valence-electron chi connectivity index (χ4n) is 3.46. The molecule has 3 heterocycles. The van der Waals surface area contributed by atoms with E-state index in [2.05, 4.69) is 10.3 Å². The predicted molar refractivity (Wildman–Crippen MR) is 98.6 cm³/mol. The molecule has 7 nitrogen and oxygen atoms in total. The van der Waals surface area contributed by atoms with Crippen LogP contribution >= 0.6 is 0 Å². The summed E-state index contributed by atoms with van der Waals surface area (Å²) in [5.74, 6) is -0.964. The van der Waals surface area contributed by atoms with E-state index in [9.17, 15) is 14.7 Å². The number of carboxylic acids is 1. The van der Waals surface area contributed by atoms with Gasteiger partial charge in [0.15, 0.2) is 0 Å². The predicted octanol–water partition coefficient (Wildman–Crippen LogP) is 3.05. The lowest BCUT2D eigenvalue weighted by Gasteiger charge is -2.26. The van der Waals surface area contributed by atoms with Gasteiger partial charge in [-0.1, -0.05) is 12.1 Å². The van der Waals surface area contributed by atoms with Gasteiger partial charge in [0.25, 0.3) is 0 Å². The number of fused-ring (bicyclic) bond motifs is 1. The lowest BCUT2D eigenvalue weighted by Crippen LogP contribution is -2.25. The highest BCUT2D eigenvalue weighted by atomic mass is 16.5. The highest BCUT2D eigenvalue weighted by Gasteiger charge is 2.34. The third-order valence-electron chi connectivity index (χ3n) is 4.68. The van der Waals surface area contributed by atoms with Crippen molar-refractivity contribution in [2.75, 3.05) is 12.4 Å². The summed E-state index contributed by atoms with van der Waals surface area (Å²) >= 11 is 0. The molecule has 1 aliphatic rings. The molecule has 7 heteroatoms. The maximum absolute atomic E-state index is 12.3. The van der Waals surface area contributed by atoms with Crippen LogP contribution in [-0.2, 0) is 4.79 Å². The van der Waals surface area contributed by atoms with Crippen molar-refractivity contribution in [3.05, 3.63) is 71.8 Å². The largest absolute Gasteiger partial charge is 0.497 e. The number of ether oxygens (including phenoxy) is 1. The van der Waals surface area contributed by atoms with E-state index in [0.29, 0.717) is 17.1 Å². The SMILES string of the molecule is COc1cccc(-n2cc(C(=O)O)c3c2[C@H](c2cccnc2)CC(=O)N3)c1. The zero-order valence-corrected chi connectivity index (χ0v) is 14.5. The van der Waals surface area contributed by atoms with Crippen LogP contribution in [0.5, 0.6) is 5.75 Å². The number of nitrogens with one attached hydrogen (secondary N) is 1. The van der Waals surface area contributed by atoms with Crippen molar-refractivity contribution in [1.29, 1.82) is 0 Å². The van der Waals surface area contributed by atoms with Crippen LogP contribution in [0.3, 0.4) is 0 Å². The van der Waals surface area contributed by atoms with Gasteiger partial charge in [-0.05, 0) is 23.8 Å². The number of pyridine rings is 1. The Morgan fingerprint density at radius 2 is 2.19 bits per heavy atom. The van der Waals surface area contributed by atoms with Crippen molar-refractivity contribution in [3.8, 4) is 11.4 Å². The van der Waals surface area contributed by atoms with Gasteiger partial charge in [-0.2, -0.15) is 0 Å². The third-order valence-corrected chi connectivity index (χ3v) is 4.68. The van der Waals surface area contributed by atoms with Gasteiger partial charge in [0, 0.05) is 42.7 Å². The lowest BCUT2D eigenvalue weighted by molar-refractivity contribution is -0.116. The molecule has 3 aromatic rings. The molecular weight excluding hydrogens is 346 g/mol. The van der Waals surface area contributed by atoms with Crippen LogP contribution in [0, 0.1) is 0 Å². The Bertz CT molecular complexity index is 1030. The number of aromatic nitrogens is 2. The number of amides is 1. The second kappa shape index (κ2) is 6.60. The first-order valence-corrected chi connectivity index (χ1v) is 8.41. The molecular formula is C20H17N3O4. The molecule has 1 amide bonds. The Morgan fingerprint density at radius 1 is 1.33 bits per heavy atom. The van der Waals surface area contributed by atoms with Crippen LogP contribution in [0.15, 0.2) is 55.0 Å².